The van der Waals surface area contributed by atoms with Crippen molar-refractivity contribution in [3.63, 3.8) is 0 Å². The van der Waals surface area contributed by atoms with Crippen LogP contribution in [0.2, 0.25) is 0 Å². The van der Waals surface area contributed by atoms with E-state index in [1.165, 1.54) is 88.8 Å². The van der Waals surface area contributed by atoms with Crippen molar-refractivity contribution < 1.29 is 0 Å². The third kappa shape index (κ3) is 4.92. The van der Waals surface area contributed by atoms with Crippen LogP contribution < -0.4 is 5.32 Å². The van der Waals surface area contributed by atoms with Gasteiger partial charge < -0.3 is 9.47 Å². The standard InChI is InChI=1S/C48H37N3/c1-50-45(34-23-21-33(22-24-34)32-11-3-2-4-12-32)27-28-49-48(50)37-14-9-15-38(29-37)51-46-20-8-7-17-42(46)44-31-36(25-26-47(44)51)40-18-10-19-41-39-16-6-5-13-35(39)30-43(40)41/h2-27,29,31,48-49H,28,30H2,1H3. The maximum atomic E-state index is 3.76. The van der Waals surface area contributed by atoms with Gasteiger partial charge in [-0.2, -0.15) is 0 Å². The van der Waals surface area contributed by atoms with Crippen LogP contribution in [0.4, 0.5) is 0 Å². The summed E-state index contributed by atoms with van der Waals surface area (Å²) in [6.45, 7) is 0.807. The highest BCUT2D eigenvalue weighted by Gasteiger charge is 2.25. The van der Waals surface area contributed by atoms with Gasteiger partial charge in [-0.05, 0) is 98.5 Å². The quantitative estimate of drug-likeness (QED) is 0.199. The average Bonchev–Trinajstić information content (AvgIpc) is 3.74. The first-order valence-corrected chi connectivity index (χ1v) is 17.9. The van der Waals surface area contributed by atoms with E-state index >= 15 is 0 Å². The molecule has 1 aromatic heterocycles. The normalized spacial score (nSPS) is 15.2. The highest BCUT2D eigenvalue weighted by molar-refractivity contribution is 6.10. The van der Waals surface area contributed by atoms with E-state index in [2.05, 4.69) is 192 Å². The van der Waals surface area contributed by atoms with Gasteiger partial charge in [-0.1, -0.05) is 133 Å². The number of nitrogens with one attached hydrogen (secondary N) is 1. The molecule has 1 aliphatic carbocycles. The lowest BCUT2D eigenvalue weighted by atomic mass is 9.94. The fraction of sp³-hybridized carbons (Fsp3) is 0.0833. The summed E-state index contributed by atoms with van der Waals surface area (Å²) in [5.41, 5.74) is 18.0. The molecule has 51 heavy (non-hydrogen) atoms. The van der Waals surface area contributed by atoms with Crippen LogP contribution in [0.5, 0.6) is 0 Å². The summed E-state index contributed by atoms with van der Waals surface area (Å²) in [6.07, 6.45) is 3.32. The maximum Gasteiger partial charge on any atom is 0.106 e. The van der Waals surface area contributed by atoms with Crippen molar-refractivity contribution in [2.45, 2.75) is 12.6 Å². The molecule has 3 heteroatoms. The molecule has 1 aliphatic heterocycles. The number of aromatic nitrogens is 1. The van der Waals surface area contributed by atoms with Gasteiger partial charge in [-0.15, -0.1) is 0 Å². The Morgan fingerprint density at radius 3 is 2.12 bits per heavy atom. The second-order valence-electron chi connectivity index (χ2n) is 13.8. The Labute approximate surface area is 298 Å². The zero-order valence-corrected chi connectivity index (χ0v) is 28.6. The summed E-state index contributed by atoms with van der Waals surface area (Å²) in [7, 11) is 2.20. The molecule has 1 atom stereocenters. The van der Waals surface area contributed by atoms with E-state index < -0.39 is 0 Å². The van der Waals surface area contributed by atoms with Gasteiger partial charge >= 0.3 is 0 Å². The predicted octanol–water partition coefficient (Wildman–Crippen LogP) is 11.3. The molecule has 10 rings (SSSR count). The minimum Gasteiger partial charge on any atom is -0.355 e. The highest BCUT2D eigenvalue weighted by atomic mass is 15.3. The number of rotatable bonds is 5. The zero-order valence-electron chi connectivity index (χ0n) is 28.6. The van der Waals surface area contributed by atoms with E-state index in [-0.39, 0.29) is 6.17 Å². The number of para-hydroxylation sites is 1. The van der Waals surface area contributed by atoms with Gasteiger partial charge in [0.25, 0.3) is 0 Å². The number of fused-ring (bicyclic) bond motifs is 6. The van der Waals surface area contributed by atoms with Crippen molar-refractivity contribution in [2.24, 2.45) is 0 Å². The Balaban J connectivity index is 1.01. The number of hydrogen-bond acceptors (Lipinski definition) is 2. The summed E-state index contributed by atoms with van der Waals surface area (Å²) < 4.78 is 2.44. The van der Waals surface area contributed by atoms with Crippen LogP contribution in [-0.2, 0) is 6.42 Å². The number of nitrogens with zero attached hydrogens (tertiary/aromatic N) is 2. The molecule has 0 bridgehead atoms. The fourth-order valence-electron chi connectivity index (χ4n) is 8.49. The summed E-state index contributed by atoms with van der Waals surface area (Å²) in [4.78, 5) is 2.37. The molecule has 0 spiro atoms. The van der Waals surface area contributed by atoms with E-state index in [1.54, 1.807) is 0 Å². The number of hydrogen-bond donors (Lipinski definition) is 1. The molecule has 2 aliphatic rings. The molecule has 0 saturated carbocycles. The van der Waals surface area contributed by atoms with Gasteiger partial charge in [-0.25, -0.2) is 0 Å². The van der Waals surface area contributed by atoms with Crippen molar-refractivity contribution in [1.82, 2.24) is 14.8 Å². The Bertz CT molecular complexity index is 2630. The topological polar surface area (TPSA) is 20.2 Å². The van der Waals surface area contributed by atoms with Gasteiger partial charge in [0.05, 0.1) is 11.0 Å². The van der Waals surface area contributed by atoms with Gasteiger partial charge in [0, 0.05) is 35.7 Å². The molecular weight excluding hydrogens is 619 g/mol. The average molecular weight is 656 g/mol. The molecule has 7 aromatic carbocycles. The second-order valence-corrected chi connectivity index (χ2v) is 13.8. The Kier molecular flexibility index (Phi) is 7.00. The fourth-order valence-corrected chi connectivity index (χ4v) is 8.49. The lowest BCUT2D eigenvalue weighted by Gasteiger charge is -2.37. The molecule has 2 heterocycles. The molecule has 0 fully saturated rings. The van der Waals surface area contributed by atoms with Crippen LogP contribution in [0.1, 0.15) is 28.4 Å². The van der Waals surface area contributed by atoms with Gasteiger partial charge in [0.2, 0.25) is 0 Å². The third-order valence-corrected chi connectivity index (χ3v) is 10.9. The molecule has 0 amide bonds. The van der Waals surface area contributed by atoms with Gasteiger partial charge in [0.1, 0.15) is 6.17 Å². The Hall–Kier alpha value is -6.16. The molecule has 1 N–H and O–H groups in total. The van der Waals surface area contributed by atoms with Crippen molar-refractivity contribution in [1.29, 1.82) is 0 Å². The minimum atomic E-state index is 0.0442. The van der Waals surface area contributed by atoms with E-state index in [1.807, 2.05) is 0 Å². The van der Waals surface area contributed by atoms with Crippen LogP contribution in [0.3, 0.4) is 0 Å². The first-order chi connectivity index (χ1) is 25.2. The highest BCUT2D eigenvalue weighted by Crippen LogP contribution is 2.43. The van der Waals surface area contributed by atoms with E-state index in [9.17, 15) is 0 Å². The molecule has 0 radical (unpaired) electrons. The summed E-state index contributed by atoms with van der Waals surface area (Å²) in [5.74, 6) is 0. The largest absolute Gasteiger partial charge is 0.355 e. The molecule has 3 nitrogen and oxygen atoms in total. The smallest absolute Gasteiger partial charge is 0.106 e. The third-order valence-electron chi connectivity index (χ3n) is 10.9. The SMILES string of the molecule is CN1C(c2ccc(-c3ccccc3)cc2)=CCNC1c1cccc(-n2c3ccccc3c3cc(-c4cccc5c4Cc4ccccc4-5)ccc32)c1. The zero-order chi connectivity index (χ0) is 33.9. The van der Waals surface area contributed by atoms with Crippen molar-refractivity contribution in [2.75, 3.05) is 13.6 Å². The molecule has 1 unspecified atom stereocenters. The molecular formula is C48H37N3. The van der Waals surface area contributed by atoms with Gasteiger partial charge in [-0.3, -0.25) is 5.32 Å². The van der Waals surface area contributed by atoms with E-state index in [4.69, 9.17) is 0 Å². The lowest BCUT2D eigenvalue weighted by molar-refractivity contribution is 0.292. The summed E-state index contributed by atoms with van der Waals surface area (Å²) >= 11 is 0. The summed E-state index contributed by atoms with van der Waals surface area (Å²) in [6, 6.07) is 60.1. The minimum absolute atomic E-state index is 0.0442. The monoisotopic (exact) mass is 655 g/mol. The van der Waals surface area contributed by atoms with Gasteiger partial charge in [0.15, 0.2) is 0 Å². The predicted molar refractivity (Wildman–Crippen MR) is 213 cm³/mol. The van der Waals surface area contributed by atoms with E-state index in [0.717, 1.165) is 13.0 Å². The molecule has 244 valence electrons. The Morgan fingerprint density at radius 1 is 0.529 bits per heavy atom. The van der Waals surface area contributed by atoms with Crippen LogP contribution in [0.15, 0.2) is 170 Å². The first kappa shape index (κ1) is 29.7. The lowest BCUT2D eigenvalue weighted by Crippen LogP contribution is -2.39. The molecule has 8 aromatic rings. The van der Waals surface area contributed by atoms with Crippen LogP contribution in [0.25, 0.3) is 66.6 Å². The maximum absolute atomic E-state index is 3.76. The van der Waals surface area contributed by atoms with Crippen LogP contribution in [-0.4, -0.2) is 23.1 Å². The van der Waals surface area contributed by atoms with Crippen molar-refractivity contribution >= 4 is 27.5 Å². The van der Waals surface area contributed by atoms with Crippen LogP contribution >= 0.6 is 0 Å². The summed E-state index contributed by atoms with van der Waals surface area (Å²) in [5, 5.41) is 6.31. The van der Waals surface area contributed by atoms with E-state index in [0.29, 0.717) is 0 Å². The first-order valence-electron chi connectivity index (χ1n) is 17.9. The van der Waals surface area contributed by atoms with Crippen molar-refractivity contribution in [3.8, 4) is 39.1 Å². The molecule has 0 saturated heterocycles. The Morgan fingerprint density at radius 2 is 1.22 bits per heavy atom. The number of benzene rings is 7. The second kappa shape index (κ2) is 12.0. The van der Waals surface area contributed by atoms with Crippen LogP contribution in [0, 0.1) is 0 Å². The van der Waals surface area contributed by atoms with Crippen molar-refractivity contribution in [3.05, 3.63) is 192 Å².